The maximum Gasteiger partial charge on any atom is 0.227 e. The van der Waals surface area contributed by atoms with Gasteiger partial charge in [-0.1, -0.05) is 0 Å². The highest BCUT2D eigenvalue weighted by molar-refractivity contribution is 5.97. The number of amides is 1. The average molecular weight is 220 g/mol. The summed E-state index contributed by atoms with van der Waals surface area (Å²) in [5.41, 5.74) is 12.9. The van der Waals surface area contributed by atoms with Gasteiger partial charge in [0.25, 0.3) is 0 Å². The third-order valence-electron chi connectivity index (χ3n) is 2.87. The lowest BCUT2D eigenvalue weighted by molar-refractivity contribution is -0.117. The molecule has 0 saturated carbocycles. The Bertz CT molecular complexity index is 418. The smallest absolute Gasteiger partial charge is 0.227 e. The van der Waals surface area contributed by atoms with Crippen LogP contribution in [-0.2, 0) is 4.79 Å². The molecule has 4 N–H and O–H groups in total. The molecule has 0 aliphatic carbocycles. The monoisotopic (exact) mass is 220 g/mol. The first-order valence-electron chi connectivity index (χ1n) is 5.35. The second-order valence-electron chi connectivity index (χ2n) is 4.17. The molecule has 1 aliphatic rings. The summed E-state index contributed by atoms with van der Waals surface area (Å²) in [6.07, 6.45) is 0.504. The summed E-state index contributed by atoms with van der Waals surface area (Å²) < 4.78 is 0. The highest BCUT2D eigenvalue weighted by Gasteiger charge is 2.30. The highest BCUT2D eigenvalue weighted by Crippen LogP contribution is 2.28. The van der Waals surface area contributed by atoms with Crippen LogP contribution in [0.2, 0.25) is 0 Å². The van der Waals surface area contributed by atoms with Crippen molar-refractivity contribution in [2.45, 2.75) is 13.3 Å². The number of carbonyl (C=O) groups is 1. The third kappa shape index (κ3) is 1.86. The Kier molecular flexibility index (Phi) is 2.78. The Morgan fingerprint density at radius 1 is 1.56 bits per heavy atom. The molecule has 0 spiro atoms. The van der Waals surface area contributed by atoms with Crippen molar-refractivity contribution < 1.29 is 4.79 Å². The fraction of sp³-hybridized carbons (Fsp3) is 0.455. The van der Waals surface area contributed by atoms with Crippen molar-refractivity contribution in [3.8, 4) is 0 Å². The SMILES string of the molecule is Cc1ccc(N2CC(CN)CC2=O)c(N)n1. The number of anilines is 2. The van der Waals surface area contributed by atoms with Gasteiger partial charge in [0.15, 0.2) is 0 Å². The zero-order valence-corrected chi connectivity index (χ0v) is 9.31. The molecule has 1 atom stereocenters. The van der Waals surface area contributed by atoms with E-state index in [1.807, 2.05) is 19.1 Å². The summed E-state index contributed by atoms with van der Waals surface area (Å²) >= 11 is 0. The molecule has 1 aromatic rings. The van der Waals surface area contributed by atoms with Crippen LogP contribution in [0.15, 0.2) is 12.1 Å². The molecule has 1 unspecified atom stereocenters. The van der Waals surface area contributed by atoms with Crippen LogP contribution in [0.5, 0.6) is 0 Å². The topological polar surface area (TPSA) is 85.2 Å². The summed E-state index contributed by atoms with van der Waals surface area (Å²) in [6.45, 7) is 3.04. The van der Waals surface area contributed by atoms with Crippen molar-refractivity contribution in [1.29, 1.82) is 0 Å². The summed E-state index contributed by atoms with van der Waals surface area (Å²) in [7, 11) is 0. The first-order chi connectivity index (χ1) is 7.61. The van der Waals surface area contributed by atoms with Gasteiger partial charge in [-0.3, -0.25) is 4.79 Å². The number of aromatic nitrogens is 1. The van der Waals surface area contributed by atoms with Crippen molar-refractivity contribution in [2.75, 3.05) is 23.7 Å². The Hall–Kier alpha value is -1.62. The van der Waals surface area contributed by atoms with E-state index in [0.717, 1.165) is 5.69 Å². The summed E-state index contributed by atoms with van der Waals surface area (Å²) in [4.78, 5) is 17.6. The minimum Gasteiger partial charge on any atom is -0.382 e. The van der Waals surface area contributed by atoms with Crippen molar-refractivity contribution in [3.63, 3.8) is 0 Å². The van der Waals surface area contributed by atoms with Crippen LogP contribution in [-0.4, -0.2) is 24.0 Å². The normalized spacial score (nSPS) is 20.5. The molecule has 86 valence electrons. The summed E-state index contributed by atoms with van der Waals surface area (Å²) in [6, 6.07) is 3.70. The quantitative estimate of drug-likeness (QED) is 0.749. The van der Waals surface area contributed by atoms with E-state index in [1.54, 1.807) is 4.90 Å². The van der Waals surface area contributed by atoms with E-state index < -0.39 is 0 Å². The molecule has 5 nitrogen and oxygen atoms in total. The molecule has 1 fully saturated rings. The van der Waals surface area contributed by atoms with Gasteiger partial charge in [0.2, 0.25) is 5.91 Å². The maximum absolute atomic E-state index is 11.8. The van der Waals surface area contributed by atoms with E-state index >= 15 is 0 Å². The molecule has 1 aliphatic heterocycles. The fourth-order valence-electron chi connectivity index (χ4n) is 1.97. The number of nitrogen functional groups attached to an aromatic ring is 1. The van der Waals surface area contributed by atoms with Gasteiger partial charge in [-0.25, -0.2) is 4.98 Å². The summed E-state index contributed by atoms with van der Waals surface area (Å²) in [5.74, 6) is 0.715. The van der Waals surface area contributed by atoms with Gasteiger partial charge in [-0.15, -0.1) is 0 Å². The Morgan fingerprint density at radius 2 is 2.31 bits per heavy atom. The molecule has 1 amide bonds. The van der Waals surface area contributed by atoms with Crippen LogP contribution in [0.4, 0.5) is 11.5 Å². The number of hydrogen-bond donors (Lipinski definition) is 2. The number of hydrogen-bond acceptors (Lipinski definition) is 4. The Labute approximate surface area is 94.4 Å². The predicted molar refractivity (Wildman–Crippen MR) is 62.9 cm³/mol. The number of nitrogens with two attached hydrogens (primary N) is 2. The molecule has 2 rings (SSSR count). The third-order valence-corrected chi connectivity index (χ3v) is 2.87. The van der Waals surface area contributed by atoms with Crippen LogP contribution in [0.3, 0.4) is 0 Å². The largest absolute Gasteiger partial charge is 0.382 e. The first-order valence-corrected chi connectivity index (χ1v) is 5.35. The lowest BCUT2D eigenvalue weighted by Gasteiger charge is -2.18. The van der Waals surface area contributed by atoms with Crippen LogP contribution in [0.1, 0.15) is 12.1 Å². The van der Waals surface area contributed by atoms with Gasteiger partial charge >= 0.3 is 0 Å². The zero-order valence-electron chi connectivity index (χ0n) is 9.31. The van der Waals surface area contributed by atoms with Gasteiger partial charge in [-0.05, 0) is 31.5 Å². The number of carbonyl (C=O) groups excluding carboxylic acids is 1. The van der Waals surface area contributed by atoms with E-state index in [0.29, 0.717) is 31.0 Å². The summed E-state index contributed by atoms with van der Waals surface area (Å²) in [5, 5.41) is 0. The van der Waals surface area contributed by atoms with Crippen molar-refractivity contribution >= 4 is 17.4 Å². The van der Waals surface area contributed by atoms with Gasteiger partial charge in [0.05, 0.1) is 5.69 Å². The maximum atomic E-state index is 11.8. The lowest BCUT2D eigenvalue weighted by Crippen LogP contribution is -2.26. The predicted octanol–water partition coefficient (Wildman–Crippen LogP) is 0.284. The van der Waals surface area contributed by atoms with Crippen molar-refractivity contribution in [2.24, 2.45) is 11.7 Å². The molecule has 1 aromatic heterocycles. The van der Waals surface area contributed by atoms with E-state index in [-0.39, 0.29) is 11.8 Å². The lowest BCUT2D eigenvalue weighted by atomic mass is 10.1. The molecule has 2 heterocycles. The highest BCUT2D eigenvalue weighted by atomic mass is 16.2. The van der Waals surface area contributed by atoms with Crippen LogP contribution in [0.25, 0.3) is 0 Å². The molecular weight excluding hydrogens is 204 g/mol. The van der Waals surface area contributed by atoms with Gasteiger partial charge < -0.3 is 16.4 Å². The van der Waals surface area contributed by atoms with Gasteiger partial charge in [-0.2, -0.15) is 0 Å². The van der Waals surface area contributed by atoms with Gasteiger partial charge in [0.1, 0.15) is 5.82 Å². The van der Waals surface area contributed by atoms with E-state index in [9.17, 15) is 4.79 Å². The second-order valence-corrected chi connectivity index (χ2v) is 4.17. The fourth-order valence-corrected chi connectivity index (χ4v) is 1.97. The molecule has 0 aromatic carbocycles. The van der Waals surface area contributed by atoms with Crippen molar-refractivity contribution in [3.05, 3.63) is 17.8 Å². The molecule has 0 radical (unpaired) electrons. The molecule has 16 heavy (non-hydrogen) atoms. The van der Waals surface area contributed by atoms with E-state index in [2.05, 4.69) is 4.98 Å². The second kappa shape index (κ2) is 4.09. The van der Waals surface area contributed by atoms with Crippen LogP contribution < -0.4 is 16.4 Å². The number of rotatable bonds is 2. The average Bonchev–Trinajstić information content (AvgIpc) is 2.60. The number of aryl methyl sites for hydroxylation is 1. The number of nitrogens with zero attached hydrogens (tertiary/aromatic N) is 2. The first kappa shape index (κ1) is 10.9. The van der Waals surface area contributed by atoms with Crippen LogP contribution >= 0.6 is 0 Å². The van der Waals surface area contributed by atoms with Crippen molar-refractivity contribution in [1.82, 2.24) is 4.98 Å². The van der Waals surface area contributed by atoms with E-state index in [4.69, 9.17) is 11.5 Å². The van der Waals surface area contributed by atoms with Gasteiger partial charge in [0, 0.05) is 18.7 Å². The minimum atomic E-state index is 0.0767. The molecule has 1 saturated heterocycles. The molecule has 0 bridgehead atoms. The Morgan fingerprint density at radius 3 is 2.88 bits per heavy atom. The Balaban J connectivity index is 2.28. The molecule has 5 heteroatoms. The molecular formula is C11H16N4O. The van der Waals surface area contributed by atoms with E-state index in [1.165, 1.54) is 0 Å². The number of pyridine rings is 1. The van der Waals surface area contributed by atoms with Crippen LogP contribution in [0, 0.1) is 12.8 Å². The standard InChI is InChI=1S/C11H16N4O/c1-7-2-3-9(11(13)14-7)15-6-8(5-12)4-10(15)16/h2-3,8H,4-6,12H2,1H3,(H2,13,14). The zero-order chi connectivity index (χ0) is 11.7. The minimum absolute atomic E-state index is 0.0767.